The number of Topliss-reactive ketones (excluding diaryl/α,β-unsaturated/α-hetero) is 1. The Morgan fingerprint density at radius 3 is 2.67 bits per heavy atom. The Morgan fingerprint density at radius 2 is 2.00 bits per heavy atom. The first-order valence-corrected chi connectivity index (χ1v) is 5.35. The fraction of sp³-hybridized carbons (Fsp3) is 0.462. The Hall–Kier alpha value is -1.31. The lowest BCUT2D eigenvalue weighted by Crippen LogP contribution is -1.94. The van der Waals surface area contributed by atoms with Gasteiger partial charge in [0.15, 0.2) is 0 Å². The first-order valence-electron chi connectivity index (χ1n) is 5.35. The van der Waals surface area contributed by atoms with Crippen molar-refractivity contribution in [3.05, 3.63) is 29.8 Å². The van der Waals surface area contributed by atoms with Crippen LogP contribution < -0.4 is 4.74 Å². The van der Waals surface area contributed by atoms with Crippen LogP contribution >= 0.6 is 0 Å². The summed E-state index contributed by atoms with van der Waals surface area (Å²) in [6, 6.07) is 8.04. The molecule has 0 spiro atoms. The van der Waals surface area contributed by atoms with Gasteiger partial charge in [0.2, 0.25) is 0 Å². The second kappa shape index (κ2) is 6.23. The van der Waals surface area contributed by atoms with Crippen LogP contribution in [0.25, 0.3) is 0 Å². The van der Waals surface area contributed by atoms with Crippen molar-refractivity contribution in [2.24, 2.45) is 0 Å². The van der Waals surface area contributed by atoms with Gasteiger partial charge < -0.3 is 9.53 Å². The Bertz CT molecular complexity index is 318. The third kappa shape index (κ3) is 4.15. The zero-order chi connectivity index (χ0) is 11.1. The molecule has 0 saturated carbocycles. The van der Waals surface area contributed by atoms with Crippen LogP contribution in [-0.4, -0.2) is 12.9 Å². The Labute approximate surface area is 91.3 Å². The summed E-state index contributed by atoms with van der Waals surface area (Å²) in [5.41, 5.74) is 1.23. The van der Waals surface area contributed by atoms with Crippen molar-refractivity contribution < 1.29 is 9.53 Å². The van der Waals surface area contributed by atoms with Gasteiger partial charge in [-0.3, -0.25) is 0 Å². The number of para-hydroxylation sites is 1. The quantitative estimate of drug-likeness (QED) is 0.669. The monoisotopic (exact) mass is 206 g/mol. The molecule has 1 aromatic carbocycles. The maximum Gasteiger partial charge on any atom is 0.129 e. The predicted octanol–water partition coefficient (Wildman–Crippen LogP) is 3.00. The summed E-state index contributed by atoms with van der Waals surface area (Å²) in [5, 5.41) is 0. The lowest BCUT2D eigenvalue weighted by molar-refractivity contribution is -0.117. The maximum atomic E-state index is 10.8. The summed E-state index contributed by atoms with van der Waals surface area (Å²) < 4.78 is 5.26. The molecule has 1 aromatic rings. The number of carbonyl (C=O) groups is 1. The number of carbonyl (C=O) groups excluding carboxylic acids is 1. The third-order valence-electron chi connectivity index (χ3n) is 2.42. The smallest absolute Gasteiger partial charge is 0.129 e. The number of ether oxygens (including phenoxy) is 1. The molecular formula is C13H18O2. The van der Waals surface area contributed by atoms with Gasteiger partial charge in [-0.1, -0.05) is 18.2 Å². The summed E-state index contributed by atoms with van der Waals surface area (Å²) in [4.78, 5) is 10.8. The SMILES string of the molecule is COc1ccccc1CCCCC(C)=O. The van der Waals surface area contributed by atoms with E-state index in [0.717, 1.165) is 25.0 Å². The number of unbranched alkanes of at least 4 members (excludes halogenated alkanes) is 1. The van der Waals surface area contributed by atoms with Crippen molar-refractivity contribution in [2.45, 2.75) is 32.6 Å². The molecule has 2 heteroatoms. The van der Waals surface area contributed by atoms with Crippen molar-refractivity contribution >= 4 is 5.78 Å². The van der Waals surface area contributed by atoms with Crippen LogP contribution in [0.1, 0.15) is 31.7 Å². The number of methoxy groups -OCH3 is 1. The minimum atomic E-state index is 0.273. The summed E-state index contributed by atoms with van der Waals surface area (Å²) in [5.74, 6) is 1.22. The van der Waals surface area contributed by atoms with Crippen molar-refractivity contribution in [3.63, 3.8) is 0 Å². The van der Waals surface area contributed by atoms with Crippen molar-refractivity contribution in [1.29, 1.82) is 0 Å². The van der Waals surface area contributed by atoms with E-state index in [1.807, 2.05) is 18.2 Å². The predicted molar refractivity (Wildman–Crippen MR) is 61.2 cm³/mol. The van der Waals surface area contributed by atoms with Crippen LogP contribution in [0.4, 0.5) is 0 Å². The van der Waals surface area contributed by atoms with E-state index in [9.17, 15) is 4.79 Å². The first-order chi connectivity index (χ1) is 7.24. The van der Waals surface area contributed by atoms with Gasteiger partial charge in [0.05, 0.1) is 7.11 Å². The van der Waals surface area contributed by atoms with Crippen LogP contribution in [0.5, 0.6) is 5.75 Å². The molecule has 0 aromatic heterocycles. The van der Waals surface area contributed by atoms with E-state index in [2.05, 4.69) is 6.07 Å². The molecule has 82 valence electrons. The van der Waals surface area contributed by atoms with E-state index in [4.69, 9.17) is 4.74 Å². The molecular weight excluding hydrogens is 188 g/mol. The molecule has 0 aliphatic rings. The fourth-order valence-corrected chi connectivity index (χ4v) is 1.60. The minimum absolute atomic E-state index is 0.273. The van der Waals surface area contributed by atoms with Gasteiger partial charge in [-0.2, -0.15) is 0 Å². The highest BCUT2D eigenvalue weighted by molar-refractivity contribution is 5.75. The van der Waals surface area contributed by atoms with E-state index in [0.29, 0.717) is 6.42 Å². The van der Waals surface area contributed by atoms with Crippen molar-refractivity contribution in [2.75, 3.05) is 7.11 Å². The Morgan fingerprint density at radius 1 is 1.27 bits per heavy atom. The summed E-state index contributed by atoms with van der Waals surface area (Å²) in [7, 11) is 1.69. The third-order valence-corrected chi connectivity index (χ3v) is 2.42. The van der Waals surface area contributed by atoms with Gasteiger partial charge in [0.1, 0.15) is 11.5 Å². The molecule has 15 heavy (non-hydrogen) atoms. The molecule has 0 aliphatic carbocycles. The standard InChI is InChI=1S/C13H18O2/c1-11(14)7-3-4-8-12-9-5-6-10-13(12)15-2/h5-6,9-10H,3-4,7-8H2,1-2H3. The molecule has 0 bridgehead atoms. The van der Waals surface area contributed by atoms with E-state index in [-0.39, 0.29) is 5.78 Å². The molecule has 0 radical (unpaired) electrons. The minimum Gasteiger partial charge on any atom is -0.496 e. The molecule has 2 nitrogen and oxygen atoms in total. The summed E-state index contributed by atoms with van der Waals surface area (Å²) >= 11 is 0. The first kappa shape index (κ1) is 11.8. The number of ketones is 1. The van der Waals surface area contributed by atoms with Gasteiger partial charge in [-0.05, 0) is 37.8 Å². The van der Waals surface area contributed by atoms with Crippen molar-refractivity contribution in [3.8, 4) is 5.75 Å². The lowest BCUT2D eigenvalue weighted by Gasteiger charge is -2.07. The summed E-state index contributed by atoms with van der Waals surface area (Å²) in [6.45, 7) is 1.64. The Kier molecular flexibility index (Phi) is 4.88. The van der Waals surface area contributed by atoms with E-state index >= 15 is 0 Å². The molecule has 0 saturated heterocycles. The number of benzene rings is 1. The second-order valence-corrected chi connectivity index (χ2v) is 3.72. The van der Waals surface area contributed by atoms with E-state index in [1.54, 1.807) is 14.0 Å². The molecule has 0 aliphatic heterocycles. The molecule has 0 N–H and O–H groups in total. The van der Waals surface area contributed by atoms with E-state index < -0.39 is 0 Å². The molecule has 0 amide bonds. The van der Waals surface area contributed by atoms with Crippen molar-refractivity contribution in [1.82, 2.24) is 0 Å². The molecule has 1 rings (SSSR count). The second-order valence-electron chi connectivity index (χ2n) is 3.72. The zero-order valence-corrected chi connectivity index (χ0v) is 9.45. The normalized spacial score (nSPS) is 10.0. The largest absolute Gasteiger partial charge is 0.496 e. The average molecular weight is 206 g/mol. The van der Waals surface area contributed by atoms with Crippen LogP contribution in [0.2, 0.25) is 0 Å². The van der Waals surface area contributed by atoms with Crippen LogP contribution in [0.15, 0.2) is 24.3 Å². The van der Waals surface area contributed by atoms with E-state index in [1.165, 1.54) is 5.56 Å². The number of hydrogen-bond acceptors (Lipinski definition) is 2. The molecule has 0 unspecified atom stereocenters. The molecule has 0 heterocycles. The highest BCUT2D eigenvalue weighted by Gasteiger charge is 2.01. The zero-order valence-electron chi connectivity index (χ0n) is 9.45. The topological polar surface area (TPSA) is 26.3 Å². The maximum absolute atomic E-state index is 10.8. The number of hydrogen-bond donors (Lipinski definition) is 0. The van der Waals surface area contributed by atoms with Crippen LogP contribution in [-0.2, 0) is 11.2 Å². The van der Waals surface area contributed by atoms with Gasteiger partial charge in [0.25, 0.3) is 0 Å². The number of rotatable bonds is 6. The average Bonchev–Trinajstić information content (AvgIpc) is 2.24. The summed E-state index contributed by atoms with van der Waals surface area (Å²) in [6.07, 6.45) is 3.68. The fourth-order valence-electron chi connectivity index (χ4n) is 1.60. The van der Waals surface area contributed by atoms with Gasteiger partial charge in [-0.25, -0.2) is 0 Å². The number of aryl methyl sites for hydroxylation is 1. The molecule has 0 fully saturated rings. The highest BCUT2D eigenvalue weighted by Crippen LogP contribution is 2.19. The highest BCUT2D eigenvalue weighted by atomic mass is 16.5. The molecule has 0 atom stereocenters. The van der Waals surface area contributed by atoms with Gasteiger partial charge >= 0.3 is 0 Å². The van der Waals surface area contributed by atoms with Gasteiger partial charge in [0, 0.05) is 6.42 Å². The lowest BCUT2D eigenvalue weighted by atomic mass is 10.1. The Balaban J connectivity index is 2.39. The van der Waals surface area contributed by atoms with Crippen LogP contribution in [0.3, 0.4) is 0 Å². The van der Waals surface area contributed by atoms with Crippen LogP contribution in [0, 0.1) is 0 Å². The van der Waals surface area contributed by atoms with Gasteiger partial charge in [-0.15, -0.1) is 0 Å².